The average molecular weight is 404 g/mol. The monoisotopic (exact) mass is 403 g/mol. The van der Waals surface area contributed by atoms with Crippen molar-refractivity contribution in [2.24, 2.45) is 0 Å². The molecule has 0 unspecified atom stereocenters. The Morgan fingerprint density at radius 3 is 2.52 bits per heavy atom. The third-order valence-electron chi connectivity index (χ3n) is 4.01. The molecule has 2 aromatic carbocycles. The number of Topliss-reactive ketones (excluding diaryl/α,β-unsaturated/α-hetero) is 1. The maximum absolute atomic E-state index is 12.3. The van der Waals surface area contributed by atoms with Gasteiger partial charge in [-0.1, -0.05) is 34.1 Å². The van der Waals surface area contributed by atoms with Gasteiger partial charge in [0.1, 0.15) is 0 Å². The second kappa shape index (κ2) is 7.70. The summed E-state index contributed by atoms with van der Waals surface area (Å²) in [6.07, 6.45) is 0.391. The lowest BCUT2D eigenvalue weighted by molar-refractivity contribution is -0.130. The molecule has 1 heterocycles. The number of hydrogen-bond acceptors (Lipinski definition) is 4. The van der Waals surface area contributed by atoms with E-state index in [4.69, 9.17) is 9.47 Å². The molecule has 1 amide bonds. The quantitative estimate of drug-likeness (QED) is 0.688. The molecule has 0 saturated heterocycles. The zero-order valence-electron chi connectivity index (χ0n) is 13.8. The maximum atomic E-state index is 12.3. The van der Waals surface area contributed by atoms with Crippen LogP contribution in [0.15, 0.2) is 46.9 Å². The van der Waals surface area contributed by atoms with E-state index in [-0.39, 0.29) is 31.3 Å². The summed E-state index contributed by atoms with van der Waals surface area (Å²) < 4.78 is 11.5. The van der Waals surface area contributed by atoms with Crippen LogP contribution in [0.1, 0.15) is 28.8 Å². The Bertz CT molecular complexity index is 789. The molecule has 1 aliphatic heterocycles. The van der Waals surface area contributed by atoms with E-state index in [1.165, 1.54) is 0 Å². The highest BCUT2D eigenvalue weighted by Crippen LogP contribution is 2.32. The van der Waals surface area contributed by atoms with Gasteiger partial charge in [-0.25, -0.2) is 0 Å². The summed E-state index contributed by atoms with van der Waals surface area (Å²) in [5.41, 5.74) is 1.58. The fourth-order valence-electron chi connectivity index (χ4n) is 2.59. The van der Waals surface area contributed by atoms with Gasteiger partial charge in [-0.3, -0.25) is 9.59 Å². The summed E-state index contributed by atoms with van der Waals surface area (Å²) in [6, 6.07) is 12.8. The number of halogens is 1. The highest BCUT2D eigenvalue weighted by atomic mass is 79.9. The van der Waals surface area contributed by atoms with E-state index in [1.807, 2.05) is 30.3 Å². The van der Waals surface area contributed by atoms with Gasteiger partial charge in [-0.2, -0.15) is 0 Å². The number of amides is 1. The topological polar surface area (TPSA) is 55.8 Å². The van der Waals surface area contributed by atoms with Gasteiger partial charge in [0.15, 0.2) is 17.3 Å². The number of benzene rings is 2. The summed E-state index contributed by atoms with van der Waals surface area (Å²) in [5.74, 6) is 1.32. The second-order valence-electron chi connectivity index (χ2n) is 5.87. The SMILES string of the molecule is CN(Cc1ccc2c(c1)OCO2)C(=O)CCC(=O)c1ccc(Br)cc1. The molecule has 1 aliphatic rings. The van der Waals surface area contributed by atoms with Crippen LogP contribution in [0.25, 0.3) is 0 Å². The molecule has 0 aliphatic carbocycles. The van der Waals surface area contributed by atoms with Crippen LogP contribution < -0.4 is 9.47 Å². The van der Waals surface area contributed by atoms with E-state index < -0.39 is 0 Å². The van der Waals surface area contributed by atoms with Crippen LogP contribution in [0.2, 0.25) is 0 Å². The molecule has 130 valence electrons. The molecule has 25 heavy (non-hydrogen) atoms. The zero-order valence-corrected chi connectivity index (χ0v) is 15.4. The van der Waals surface area contributed by atoms with Gasteiger partial charge in [-0.15, -0.1) is 0 Å². The normalized spacial score (nSPS) is 12.1. The number of nitrogens with zero attached hydrogens (tertiary/aromatic N) is 1. The minimum Gasteiger partial charge on any atom is -0.454 e. The van der Waals surface area contributed by atoms with Gasteiger partial charge in [0.2, 0.25) is 12.7 Å². The number of ether oxygens (including phenoxy) is 2. The van der Waals surface area contributed by atoms with Gasteiger partial charge in [0, 0.05) is 36.5 Å². The van der Waals surface area contributed by atoms with Crippen molar-refractivity contribution in [3.8, 4) is 11.5 Å². The molecule has 0 fully saturated rings. The lowest BCUT2D eigenvalue weighted by Crippen LogP contribution is -2.26. The second-order valence-corrected chi connectivity index (χ2v) is 6.78. The zero-order chi connectivity index (χ0) is 17.8. The smallest absolute Gasteiger partial charge is 0.231 e. The van der Waals surface area contributed by atoms with Crippen LogP contribution >= 0.6 is 15.9 Å². The van der Waals surface area contributed by atoms with Crippen molar-refractivity contribution < 1.29 is 19.1 Å². The summed E-state index contributed by atoms with van der Waals surface area (Å²) in [6.45, 7) is 0.688. The van der Waals surface area contributed by atoms with E-state index in [1.54, 1.807) is 24.1 Å². The van der Waals surface area contributed by atoms with Crippen molar-refractivity contribution in [3.05, 3.63) is 58.1 Å². The predicted molar refractivity (Wildman–Crippen MR) is 96.7 cm³/mol. The van der Waals surface area contributed by atoms with Gasteiger partial charge < -0.3 is 14.4 Å². The number of hydrogen-bond donors (Lipinski definition) is 0. The first-order valence-corrected chi connectivity index (χ1v) is 8.73. The first kappa shape index (κ1) is 17.5. The minimum atomic E-state index is -0.0665. The molecule has 6 heteroatoms. The molecule has 5 nitrogen and oxygen atoms in total. The van der Waals surface area contributed by atoms with E-state index in [2.05, 4.69) is 15.9 Å². The Balaban J connectivity index is 1.52. The fraction of sp³-hybridized carbons (Fsp3) is 0.263. The Labute approximate surface area is 154 Å². The van der Waals surface area contributed by atoms with Crippen LogP contribution in [-0.4, -0.2) is 30.4 Å². The summed E-state index contributed by atoms with van der Waals surface area (Å²) in [5, 5.41) is 0. The van der Waals surface area contributed by atoms with Crippen molar-refractivity contribution in [3.63, 3.8) is 0 Å². The van der Waals surface area contributed by atoms with Crippen LogP contribution in [0.5, 0.6) is 11.5 Å². The van der Waals surface area contributed by atoms with Crippen molar-refractivity contribution in [2.75, 3.05) is 13.8 Å². The lowest BCUT2D eigenvalue weighted by Gasteiger charge is -2.17. The van der Waals surface area contributed by atoms with Gasteiger partial charge in [0.05, 0.1) is 0 Å². The summed E-state index contributed by atoms with van der Waals surface area (Å²) in [4.78, 5) is 26.1. The Hall–Kier alpha value is -2.34. The third-order valence-corrected chi connectivity index (χ3v) is 4.54. The molecule has 0 bridgehead atoms. The Morgan fingerprint density at radius 1 is 1.04 bits per heavy atom. The maximum Gasteiger partial charge on any atom is 0.231 e. The largest absolute Gasteiger partial charge is 0.454 e. The molecule has 0 saturated carbocycles. The molecule has 0 spiro atoms. The Kier molecular flexibility index (Phi) is 5.38. The lowest BCUT2D eigenvalue weighted by atomic mass is 10.1. The number of fused-ring (bicyclic) bond motifs is 1. The molecule has 0 aromatic heterocycles. The van der Waals surface area contributed by atoms with Crippen molar-refractivity contribution in [1.82, 2.24) is 4.90 Å². The Morgan fingerprint density at radius 2 is 1.76 bits per heavy atom. The fourth-order valence-corrected chi connectivity index (χ4v) is 2.86. The summed E-state index contributed by atoms with van der Waals surface area (Å²) in [7, 11) is 1.73. The number of ketones is 1. The van der Waals surface area contributed by atoms with Crippen LogP contribution in [0.3, 0.4) is 0 Å². The van der Waals surface area contributed by atoms with E-state index in [9.17, 15) is 9.59 Å². The standard InChI is InChI=1S/C19H18BrNO4/c1-21(11-13-2-8-17-18(10-13)25-12-24-17)19(23)9-7-16(22)14-3-5-15(20)6-4-14/h2-6,8,10H,7,9,11-12H2,1H3. The number of carbonyl (C=O) groups is 2. The highest BCUT2D eigenvalue weighted by Gasteiger charge is 2.16. The van der Waals surface area contributed by atoms with Crippen molar-refractivity contribution in [1.29, 1.82) is 0 Å². The molecule has 2 aromatic rings. The van der Waals surface area contributed by atoms with E-state index >= 15 is 0 Å². The van der Waals surface area contributed by atoms with E-state index in [0.29, 0.717) is 17.9 Å². The van der Waals surface area contributed by atoms with Crippen LogP contribution in [0.4, 0.5) is 0 Å². The molecule has 0 N–H and O–H groups in total. The van der Waals surface area contributed by atoms with Crippen LogP contribution in [-0.2, 0) is 11.3 Å². The average Bonchev–Trinajstić information content (AvgIpc) is 3.07. The van der Waals surface area contributed by atoms with E-state index in [0.717, 1.165) is 15.8 Å². The first-order valence-electron chi connectivity index (χ1n) is 7.94. The van der Waals surface area contributed by atoms with Crippen molar-refractivity contribution in [2.45, 2.75) is 19.4 Å². The first-order chi connectivity index (χ1) is 12.0. The molecule has 0 radical (unpaired) electrons. The van der Waals surface area contributed by atoms with Gasteiger partial charge in [0.25, 0.3) is 0 Å². The molecule has 3 rings (SSSR count). The molecular formula is C19H18BrNO4. The van der Waals surface area contributed by atoms with Crippen molar-refractivity contribution >= 4 is 27.6 Å². The van der Waals surface area contributed by atoms with Gasteiger partial charge in [-0.05, 0) is 29.8 Å². The highest BCUT2D eigenvalue weighted by molar-refractivity contribution is 9.10. The van der Waals surface area contributed by atoms with Crippen LogP contribution in [0, 0.1) is 0 Å². The summed E-state index contributed by atoms with van der Waals surface area (Å²) >= 11 is 3.34. The predicted octanol–water partition coefficient (Wildman–Crippen LogP) is 3.80. The van der Waals surface area contributed by atoms with Gasteiger partial charge >= 0.3 is 0 Å². The number of rotatable bonds is 6. The minimum absolute atomic E-state index is 0.0303. The third kappa shape index (κ3) is 4.39. The molecular weight excluding hydrogens is 386 g/mol. The molecule has 0 atom stereocenters. The number of carbonyl (C=O) groups excluding carboxylic acids is 2.